The van der Waals surface area contributed by atoms with Crippen molar-refractivity contribution in [3.63, 3.8) is 0 Å². The monoisotopic (exact) mass is 263 g/mol. The molecule has 94 valence electrons. The Kier molecular flexibility index (Phi) is 3.38. The minimum absolute atomic E-state index is 0.284. The summed E-state index contributed by atoms with van der Waals surface area (Å²) < 4.78 is 1.83. The van der Waals surface area contributed by atoms with Crippen LogP contribution in [-0.2, 0) is 7.05 Å². The molecule has 0 aliphatic heterocycles. The van der Waals surface area contributed by atoms with Gasteiger partial charge in [-0.15, -0.1) is 10.2 Å². The van der Waals surface area contributed by atoms with Gasteiger partial charge in [-0.05, 0) is 43.3 Å². The van der Waals surface area contributed by atoms with E-state index in [4.69, 9.17) is 5.11 Å². The third kappa shape index (κ3) is 2.38. The van der Waals surface area contributed by atoms with E-state index in [9.17, 15) is 4.79 Å². The number of rotatable bonds is 3. The van der Waals surface area contributed by atoms with Crippen LogP contribution in [0.5, 0.6) is 0 Å². The van der Waals surface area contributed by atoms with Crippen LogP contribution in [0.2, 0.25) is 0 Å². The average Bonchev–Trinajstić information content (AvgIpc) is 2.61. The molecule has 2 aromatic rings. The van der Waals surface area contributed by atoms with E-state index < -0.39 is 5.97 Å². The molecule has 0 aliphatic rings. The SMILES string of the molecule is Cc1ccc(C(=O)O)c(Sc2nnc(C)n2C)c1. The lowest BCUT2D eigenvalue weighted by Crippen LogP contribution is -2.00. The highest BCUT2D eigenvalue weighted by Gasteiger charge is 2.14. The molecule has 1 aromatic carbocycles. The van der Waals surface area contributed by atoms with Gasteiger partial charge in [-0.3, -0.25) is 0 Å². The normalized spacial score (nSPS) is 10.6. The second-order valence-corrected chi connectivity index (χ2v) is 5.00. The smallest absolute Gasteiger partial charge is 0.336 e. The highest BCUT2D eigenvalue weighted by molar-refractivity contribution is 7.99. The van der Waals surface area contributed by atoms with Gasteiger partial charge >= 0.3 is 5.97 Å². The predicted molar refractivity (Wildman–Crippen MR) is 68.0 cm³/mol. The van der Waals surface area contributed by atoms with Crippen LogP contribution in [0.4, 0.5) is 0 Å². The number of aromatic carboxylic acids is 1. The Morgan fingerprint density at radius 1 is 1.33 bits per heavy atom. The topological polar surface area (TPSA) is 68.0 Å². The molecule has 1 aromatic heterocycles. The largest absolute Gasteiger partial charge is 0.478 e. The fourth-order valence-corrected chi connectivity index (χ4v) is 2.52. The Bertz CT molecular complexity index is 607. The minimum atomic E-state index is -0.934. The van der Waals surface area contributed by atoms with Crippen molar-refractivity contribution in [2.24, 2.45) is 7.05 Å². The van der Waals surface area contributed by atoms with Crippen LogP contribution in [0.1, 0.15) is 21.7 Å². The number of carboxylic acid groups (broad SMARTS) is 1. The van der Waals surface area contributed by atoms with Crippen LogP contribution in [0.15, 0.2) is 28.3 Å². The maximum Gasteiger partial charge on any atom is 0.336 e. The summed E-state index contributed by atoms with van der Waals surface area (Å²) in [7, 11) is 1.86. The first-order valence-electron chi connectivity index (χ1n) is 5.37. The van der Waals surface area contributed by atoms with Crippen LogP contribution >= 0.6 is 11.8 Å². The molecule has 18 heavy (non-hydrogen) atoms. The lowest BCUT2D eigenvalue weighted by Gasteiger charge is -2.06. The molecule has 2 rings (SSSR count). The molecule has 0 atom stereocenters. The van der Waals surface area contributed by atoms with Gasteiger partial charge in [-0.1, -0.05) is 6.07 Å². The third-order valence-electron chi connectivity index (χ3n) is 2.62. The maximum atomic E-state index is 11.2. The molecule has 0 saturated carbocycles. The maximum absolute atomic E-state index is 11.2. The van der Waals surface area contributed by atoms with E-state index in [-0.39, 0.29) is 5.56 Å². The fraction of sp³-hybridized carbons (Fsp3) is 0.250. The average molecular weight is 263 g/mol. The molecule has 0 saturated heterocycles. The Morgan fingerprint density at radius 3 is 2.61 bits per heavy atom. The number of nitrogens with zero attached hydrogens (tertiary/aromatic N) is 3. The van der Waals surface area contributed by atoms with Gasteiger partial charge in [0.2, 0.25) is 0 Å². The van der Waals surface area contributed by atoms with Crippen molar-refractivity contribution in [2.75, 3.05) is 0 Å². The molecular formula is C12H13N3O2S. The number of hydrogen-bond donors (Lipinski definition) is 1. The molecule has 0 radical (unpaired) electrons. The zero-order valence-corrected chi connectivity index (χ0v) is 11.2. The second kappa shape index (κ2) is 4.81. The van der Waals surface area contributed by atoms with Crippen molar-refractivity contribution in [1.82, 2.24) is 14.8 Å². The summed E-state index contributed by atoms with van der Waals surface area (Å²) in [5.74, 6) is -0.140. The quantitative estimate of drug-likeness (QED) is 0.920. The van der Waals surface area contributed by atoms with Crippen molar-refractivity contribution >= 4 is 17.7 Å². The summed E-state index contributed by atoms with van der Waals surface area (Å²) >= 11 is 1.31. The number of benzene rings is 1. The Morgan fingerprint density at radius 2 is 2.06 bits per heavy atom. The van der Waals surface area contributed by atoms with E-state index in [1.807, 2.05) is 31.5 Å². The van der Waals surface area contributed by atoms with Crippen molar-refractivity contribution in [1.29, 1.82) is 0 Å². The molecule has 0 aliphatic carbocycles. The molecule has 5 nitrogen and oxygen atoms in total. The van der Waals surface area contributed by atoms with E-state index in [0.29, 0.717) is 10.1 Å². The Hall–Kier alpha value is -1.82. The number of aryl methyl sites for hydroxylation is 2. The summed E-state index contributed by atoms with van der Waals surface area (Å²) in [6.07, 6.45) is 0. The molecule has 0 fully saturated rings. The van der Waals surface area contributed by atoms with Gasteiger partial charge in [0.25, 0.3) is 0 Å². The highest BCUT2D eigenvalue weighted by atomic mass is 32.2. The summed E-state index contributed by atoms with van der Waals surface area (Å²) in [5, 5.41) is 17.8. The zero-order chi connectivity index (χ0) is 13.3. The summed E-state index contributed by atoms with van der Waals surface area (Å²) in [6, 6.07) is 5.25. The van der Waals surface area contributed by atoms with Crippen molar-refractivity contribution in [3.8, 4) is 0 Å². The lowest BCUT2D eigenvalue weighted by molar-refractivity contribution is 0.0693. The van der Waals surface area contributed by atoms with Gasteiger partial charge in [0, 0.05) is 11.9 Å². The van der Waals surface area contributed by atoms with Gasteiger partial charge in [-0.2, -0.15) is 0 Å². The van der Waals surface area contributed by atoms with Gasteiger partial charge in [0.15, 0.2) is 5.16 Å². The lowest BCUT2D eigenvalue weighted by atomic mass is 10.1. The van der Waals surface area contributed by atoms with E-state index in [2.05, 4.69) is 10.2 Å². The number of carbonyl (C=O) groups is 1. The predicted octanol–water partition coefficient (Wildman–Crippen LogP) is 2.28. The van der Waals surface area contributed by atoms with Crippen molar-refractivity contribution < 1.29 is 9.90 Å². The molecule has 6 heteroatoms. The van der Waals surface area contributed by atoms with E-state index in [0.717, 1.165) is 11.4 Å². The van der Waals surface area contributed by atoms with E-state index >= 15 is 0 Å². The van der Waals surface area contributed by atoms with Gasteiger partial charge in [-0.25, -0.2) is 4.79 Å². The number of carboxylic acids is 1. The van der Waals surface area contributed by atoms with Gasteiger partial charge in [0.05, 0.1) is 5.56 Å². The minimum Gasteiger partial charge on any atom is -0.478 e. The molecule has 1 N–H and O–H groups in total. The molecule has 0 bridgehead atoms. The molecule has 0 spiro atoms. The first kappa shape index (κ1) is 12.6. The fourth-order valence-electron chi connectivity index (χ4n) is 1.47. The summed E-state index contributed by atoms with van der Waals surface area (Å²) in [6.45, 7) is 3.78. The van der Waals surface area contributed by atoms with Gasteiger partial charge < -0.3 is 9.67 Å². The van der Waals surface area contributed by atoms with Crippen LogP contribution in [0, 0.1) is 13.8 Å². The number of aromatic nitrogens is 3. The summed E-state index contributed by atoms with van der Waals surface area (Å²) in [4.78, 5) is 11.8. The third-order valence-corrected chi connectivity index (χ3v) is 3.72. The van der Waals surface area contributed by atoms with Crippen LogP contribution in [0.25, 0.3) is 0 Å². The van der Waals surface area contributed by atoms with Crippen molar-refractivity contribution in [2.45, 2.75) is 23.9 Å². The first-order valence-corrected chi connectivity index (χ1v) is 6.18. The molecule has 1 heterocycles. The van der Waals surface area contributed by atoms with Gasteiger partial charge in [0.1, 0.15) is 5.82 Å². The molecule has 0 unspecified atom stereocenters. The molecular weight excluding hydrogens is 250 g/mol. The summed E-state index contributed by atoms with van der Waals surface area (Å²) in [5.41, 5.74) is 1.30. The van der Waals surface area contributed by atoms with E-state index in [1.165, 1.54) is 11.8 Å². The Balaban J connectivity index is 2.42. The van der Waals surface area contributed by atoms with Crippen LogP contribution in [0.3, 0.4) is 0 Å². The van der Waals surface area contributed by atoms with Crippen molar-refractivity contribution in [3.05, 3.63) is 35.2 Å². The number of hydrogen-bond acceptors (Lipinski definition) is 4. The molecule has 0 amide bonds. The Labute approximate surface area is 109 Å². The first-order chi connectivity index (χ1) is 8.49. The van der Waals surface area contributed by atoms with Crippen LogP contribution in [-0.4, -0.2) is 25.8 Å². The van der Waals surface area contributed by atoms with E-state index in [1.54, 1.807) is 12.1 Å². The zero-order valence-electron chi connectivity index (χ0n) is 10.3. The highest BCUT2D eigenvalue weighted by Crippen LogP contribution is 2.30. The second-order valence-electron chi connectivity index (χ2n) is 4.00. The standard InChI is InChI=1S/C12H13N3O2S/c1-7-4-5-9(11(16)17)10(6-7)18-12-14-13-8(2)15(12)3/h4-6H,1-3H3,(H,16,17). The van der Waals surface area contributed by atoms with Crippen LogP contribution < -0.4 is 0 Å².